The van der Waals surface area contributed by atoms with E-state index in [9.17, 15) is 9.59 Å². The quantitative estimate of drug-likeness (QED) is 0.847. The van der Waals surface area contributed by atoms with Crippen molar-refractivity contribution in [1.82, 2.24) is 20.3 Å². The van der Waals surface area contributed by atoms with Crippen LogP contribution < -0.4 is 0 Å². The van der Waals surface area contributed by atoms with Crippen molar-refractivity contribution in [3.8, 4) is 0 Å². The first kappa shape index (κ1) is 12.6. The Kier molecular flexibility index (Phi) is 3.09. The number of carbonyl (C=O) groups excluding carboxylic acids is 1. The zero-order valence-corrected chi connectivity index (χ0v) is 10.7. The maximum absolute atomic E-state index is 12.4. The van der Waals surface area contributed by atoms with Crippen molar-refractivity contribution in [3.63, 3.8) is 0 Å². The number of aliphatic carboxylic acids is 1. The SMILES string of the molecule is O=C(O)C1CCN(C(=O)c2ccc3n[nH]nc3c2)CC1. The molecule has 1 aliphatic heterocycles. The molecule has 7 nitrogen and oxygen atoms in total. The molecule has 0 radical (unpaired) electrons. The Morgan fingerprint density at radius 3 is 2.60 bits per heavy atom. The van der Waals surface area contributed by atoms with Gasteiger partial charge in [-0.25, -0.2) is 0 Å². The van der Waals surface area contributed by atoms with E-state index in [-0.39, 0.29) is 11.8 Å². The molecule has 2 aromatic rings. The lowest BCUT2D eigenvalue weighted by molar-refractivity contribution is -0.143. The third-order valence-electron chi connectivity index (χ3n) is 3.69. The van der Waals surface area contributed by atoms with E-state index in [0.29, 0.717) is 42.5 Å². The molecular formula is C13H14N4O3. The van der Waals surface area contributed by atoms with Crippen molar-refractivity contribution in [2.45, 2.75) is 12.8 Å². The second-order valence-corrected chi connectivity index (χ2v) is 4.93. The lowest BCUT2D eigenvalue weighted by Crippen LogP contribution is -2.40. The summed E-state index contributed by atoms with van der Waals surface area (Å²) in [7, 11) is 0. The molecule has 1 aromatic carbocycles. The van der Waals surface area contributed by atoms with Crippen molar-refractivity contribution < 1.29 is 14.7 Å². The number of carboxylic acid groups (broad SMARTS) is 1. The number of hydrogen-bond donors (Lipinski definition) is 2. The summed E-state index contributed by atoms with van der Waals surface area (Å²) in [5, 5.41) is 19.4. The monoisotopic (exact) mass is 274 g/mol. The van der Waals surface area contributed by atoms with E-state index in [4.69, 9.17) is 5.11 Å². The Labute approximate surface area is 114 Å². The molecule has 2 N–H and O–H groups in total. The standard InChI is InChI=1S/C13H14N4O3/c18-12(17-5-3-8(4-6-17)13(19)20)9-1-2-10-11(7-9)15-16-14-10/h1-2,7-8H,3-6H2,(H,19,20)(H,14,15,16). The van der Waals surface area contributed by atoms with E-state index in [1.54, 1.807) is 23.1 Å². The molecule has 0 aliphatic carbocycles. The van der Waals surface area contributed by atoms with Gasteiger partial charge in [0, 0.05) is 18.7 Å². The molecule has 1 saturated heterocycles. The number of hydrogen-bond acceptors (Lipinski definition) is 4. The summed E-state index contributed by atoms with van der Waals surface area (Å²) < 4.78 is 0. The van der Waals surface area contributed by atoms with Crippen molar-refractivity contribution in [2.75, 3.05) is 13.1 Å². The minimum Gasteiger partial charge on any atom is -0.481 e. The number of carbonyl (C=O) groups is 2. The van der Waals surface area contributed by atoms with Gasteiger partial charge in [-0.1, -0.05) is 0 Å². The molecule has 0 atom stereocenters. The van der Waals surface area contributed by atoms with E-state index in [2.05, 4.69) is 15.4 Å². The van der Waals surface area contributed by atoms with Crippen LogP contribution in [-0.2, 0) is 4.79 Å². The maximum Gasteiger partial charge on any atom is 0.306 e. The van der Waals surface area contributed by atoms with Gasteiger partial charge in [-0.15, -0.1) is 0 Å². The first-order valence-corrected chi connectivity index (χ1v) is 6.48. The van der Waals surface area contributed by atoms with Crippen LogP contribution >= 0.6 is 0 Å². The van der Waals surface area contributed by atoms with Gasteiger partial charge in [-0.05, 0) is 31.0 Å². The second kappa shape index (κ2) is 4.92. The van der Waals surface area contributed by atoms with Gasteiger partial charge >= 0.3 is 5.97 Å². The fraction of sp³-hybridized carbons (Fsp3) is 0.385. The van der Waals surface area contributed by atoms with Gasteiger partial charge in [0.05, 0.1) is 5.92 Å². The molecule has 3 rings (SSSR count). The predicted octanol–water partition coefficient (Wildman–Crippen LogP) is 0.895. The fourth-order valence-electron chi connectivity index (χ4n) is 2.49. The molecule has 2 heterocycles. The highest BCUT2D eigenvalue weighted by Crippen LogP contribution is 2.20. The number of likely N-dealkylation sites (tertiary alicyclic amines) is 1. The van der Waals surface area contributed by atoms with E-state index in [1.165, 1.54) is 0 Å². The zero-order valence-electron chi connectivity index (χ0n) is 10.7. The number of nitrogens with one attached hydrogen (secondary N) is 1. The summed E-state index contributed by atoms with van der Waals surface area (Å²) >= 11 is 0. The highest BCUT2D eigenvalue weighted by atomic mass is 16.4. The number of H-pyrrole nitrogens is 1. The number of aromatic amines is 1. The number of carboxylic acids is 1. The number of amides is 1. The average Bonchev–Trinajstić information content (AvgIpc) is 2.94. The number of aromatic nitrogens is 3. The van der Waals surface area contributed by atoms with Crippen LogP contribution in [0.25, 0.3) is 11.0 Å². The lowest BCUT2D eigenvalue weighted by Gasteiger charge is -2.30. The molecule has 1 aliphatic rings. The summed E-state index contributed by atoms with van der Waals surface area (Å²) in [6.45, 7) is 0.958. The van der Waals surface area contributed by atoms with Crippen LogP contribution in [0.3, 0.4) is 0 Å². The number of rotatable bonds is 2. The van der Waals surface area contributed by atoms with Crippen LogP contribution in [0.5, 0.6) is 0 Å². The van der Waals surface area contributed by atoms with Crippen molar-refractivity contribution in [1.29, 1.82) is 0 Å². The van der Waals surface area contributed by atoms with Gasteiger partial charge in [-0.2, -0.15) is 15.4 Å². The van der Waals surface area contributed by atoms with Gasteiger partial charge in [-0.3, -0.25) is 9.59 Å². The molecule has 1 fully saturated rings. The summed E-state index contributed by atoms with van der Waals surface area (Å²) in [4.78, 5) is 25.0. The van der Waals surface area contributed by atoms with Gasteiger partial charge in [0.25, 0.3) is 5.91 Å². The minimum absolute atomic E-state index is 0.0845. The van der Waals surface area contributed by atoms with E-state index < -0.39 is 5.97 Å². The van der Waals surface area contributed by atoms with Gasteiger partial charge in [0.1, 0.15) is 11.0 Å². The van der Waals surface area contributed by atoms with E-state index in [0.717, 1.165) is 0 Å². The van der Waals surface area contributed by atoms with Crippen molar-refractivity contribution in [3.05, 3.63) is 23.8 Å². The molecule has 1 amide bonds. The van der Waals surface area contributed by atoms with Crippen LogP contribution in [-0.4, -0.2) is 50.4 Å². The fourth-order valence-corrected chi connectivity index (χ4v) is 2.49. The number of benzene rings is 1. The largest absolute Gasteiger partial charge is 0.481 e. The summed E-state index contributed by atoms with van der Waals surface area (Å²) in [5.41, 5.74) is 1.92. The molecule has 20 heavy (non-hydrogen) atoms. The third kappa shape index (κ3) is 2.22. The molecule has 0 saturated carbocycles. The third-order valence-corrected chi connectivity index (χ3v) is 3.69. The summed E-state index contributed by atoms with van der Waals surface area (Å²) in [6, 6.07) is 5.16. The Morgan fingerprint density at radius 2 is 1.90 bits per heavy atom. The molecule has 0 unspecified atom stereocenters. The zero-order chi connectivity index (χ0) is 14.1. The Balaban J connectivity index is 1.74. The Hall–Kier alpha value is -2.44. The van der Waals surface area contributed by atoms with Gasteiger partial charge < -0.3 is 10.0 Å². The van der Waals surface area contributed by atoms with Crippen LogP contribution in [0.1, 0.15) is 23.2 Å². The normalized spacial score (nSPS) is 16.5. The molecule has 1 aromatic heterocycles. The van der Waals surface area contributed by atoms with Crippen LogP contribution in [0.4, 0.5) is 0 Å². The van der Waals surface area contributed by atoms with Crippen LogP contribution in [0.2, 0.25) is 0 Å². The van der Waals surface area contributed by atoms with Crippen molar-refractivity contribution in [2.24, 2.45) is 5.92 Å². The molecule has 0 bridgehead atoms. The van der Waals surface area contributed by atoms with Gasteiger partial charge in [0.15, 0.2) is 0 Å². The first-order valence-electron chi connectivity index (χ1n) is 6.48. The number of fused-ring (bicyclic) bond motifs is 1. The summed E-state index contributed by atoms with van der Waals surface area (Å²) in [6.07, 6.45) is 1.01. The molecule has 0 spiro atoms. The minimum atomic E-state index is -0.777. The van der Waals surface area contributed by atoms with Crippen LogP contribution in [0.15, 0.2) is 18.2 Å². The molecule has 104 valence electrons. The number of piperidine rings is 1. The summed E-state index contributed by atoms with van der Waals surface area (Å²) in [5.74, 6) is -1.20. The van der Waals surface area contributed by atoms with E-state index in [1.807, 2.05) is 0 Å². The maximum atomic E-state index is 12.4. The highest BCUT2D eigenvalue weighted by Gasteiger charge is 2.27. The topological polar surface area (TPSA) is 99.2 Å². The van der Waals surface area contributed by atoms with Gasteiger partial charge in [0.2, 0.25) is 0 Å². The Bertz CT molecular complexity index is 658. The number of nitrogens with zero attached hydrogens (tertiary/aromatic N) is 3. The smallest absolute Gasteiger partial charge is 0.306 e. The first-order chi connectivity index (χ1) is 9.65. The second-order valence-electron chi connectivity index (χ2n) is 4.93. The van der Waals surface area contributed by atoms with Crippen molar-refractivity contribution >= 4 is 22.9 Å². The molecular weight excluding hydrogens is 260 g/mol. The van der Waals surface area contributed by atoms with E-state index >= 15 is 0 Å². The highest BCUT2D eigenvalue weighted by molar-refractivity contribution is 5.97. The average molecular weight is 274 g/mol. The Morgan fingerprint density at radius 1 is 1.20 bits per heavy atom. The lowest BCUT2D eigenvalue weighted by atomic mass is 9.96. The molecule has 7 heteroatoms. The predicted molar refractivity (Wildman–Crippen MR) is 70.2 cm³/mol. The van der Waals surface area contributed by atoms with Crippen LogP contribution in [0, 0.1) is 5.92 Å².